The number of aliphatic hydroxyl groups is 1. The summed E-state index contributed by atoms with van der Waals surface area (Å²) in [6.45, 7) is 23.4. The lowest BCUT2D eigenvalue weighted by molar-refractivity contribution is -0.147. The minimum absolute atomic E-state index is 0.0304. The van der Waals surface area contributed by atoms with E-state index in [0.29, 0.717) is 25.4 Å². The number of carbonyl (C=O) groups is 3. The van der Waals surface area contributed by atoms with Crippen LogP contribution in [0.1, 0.15) is 61.3 Å². The number of hydrogen-bond donors (Lipinski definition) is 1. The summed E-state index contributed by atoms with van der Waals surface area (Å²) in [5, 5.41) is 10.0. The molecule has 1 spiro atoms. The zero-order valence-corrected chi connectivity index (χ0v) is 28.4. The van der Waals surface area contributed by atoms with Gasteiger partial charge >= 0.3 is 0 Å². The largest absolute Gasteiger partial charge is 0.494 e. The highest BCUT2D eigenvalue weighted by atomic mass is 32.2. The number of hydrogen-bond acceptors (Lipinski definition) is 6. The number of likely N-dealkylation sites (tertiary alicyclic amines) is 1. The Balaban J connectivity index is 1.77. The van der Waals surface area contributed by atoms with Gasteiger partial charge in [0.05, 0.1) is 29.8 Å². The molecule has 1 aromatic rings. The number of aliphatic hydroxyl groups excluding tert-OH is 1. The molecule has 0 saturated carbocycles. The van der Waals surface area contributed by atoms with Gasteiger partial charge in [0.2, 0.25) is 17.7 Å². The van der Waals surface area contributed by atoms with Crippen molar-refractivity contribution in [2.45, 2.75) is 82.9 Å². The fourth-order valence-electron chi connectivity index (χ4n) is 8.26. The predicted octanol–water partition coefficient (Wildman–Crippen LogP) is 5.16. The van der Waals surface area contributed by atoms with Crippen LogP contribution in [0.25, 0.3) is 0 Å². The first-order chi connectivity index (χ1) is 20.7. The molecule has 0 radical (unpaired) electrons. The van der Waals surface area contributed by atoms with Gasteiger partial charge in [-0.2, -0.15) is 0 Å². The van der Waals surface area contributed by atoms with E-state index in [1.807, 2.05) is 36.1 Å². The maximum absolute atomic E-state index is 14.9. The molecule has 1 N–H and O–H groups in total. The van der Waals surface area contributed by atoms with Gasteiger partial charge in [-0.15, -0.1) is 24.9 Å². The van der Waals surface area contributed by atoms with Crippen LogP contribution in [-0.2, 0) is 14.4 Å². The molecule has 3 amide bonds. The number of ether oxygens (including phenoxy) is 1. The Hall–Kier alpha value is -2.78. The molecule has 0 aliphatic carbocycles. The van der Waals surface area contributed by atoms with Crippen LogP contribution < -0.4 is 9.64 Å². The quantitative estimate of drug-likeness (QED) is 0.305. The van der Waals surface area contributed by atoms with Crippen molar-refractivity contribution < 1.29 is 24.2 Å². The third-order valence-electron chi connectivity index (χ3n) is 9.41. The van der Waals surface area contributed by atoms with Crippen LogP contribution in [0.4, 0.5) is 5.69 Å². The molecule has 44 heavy (non-hydrogen) atoms. The first kappa shape index (κ1) is 34.1. The minimum atomic E-state index is -0.785. The molecule has 2 bridgehead atoms. The van der Waals surface area contributed by atoms with Crippen molar-refractivity contribution in [1.82, 2.24) is 9.80 Å². The SMILES string of the molecule is C=CCN(C(=O)[C@@H]1[C@H]2C(=O)N(CCO)C(C(=O)N(CC=C)C(C)(C)CC(C)(C)C)C23S[C@@H]1CC3C)c1ccc(OCC)cc1. The van der Waals surface area contributed by atoms with Crippen LogP contribution >= 0.6 is 11.8 Å². The van der Waals surface area contributed by atoms with Crippen molar-refractivity contribution in [1.29, 1.82) is 0 Å². The van der Waals surface area contributed by atoms with Gasteiger partial charge in [-0.3, -0.25) is 14.4 Å². The van der Waals surface area contributed by atoms with E-state index < -0.39 is 28.2 Å². The number of thioether (sulfide) groups is 1. The van der Waals surface area contributed by atoms with Crippen molar-refractivity contribution in [3.63, 3.8) is 0 Å². The standard InChI is InChI=1S/C35H51N3O5S/c1-10-17-36(24-13-15-25(16-14-24)43-12-3)30(40)27-26-21-23(4)35(44-26)28(27)31(41)37(19-20-39)29(35)32(42)38(18-11-2)34(8,9)22-33(5,6)7/h10-11,13-16,23,26-29,39H,1-2,12,17-22H2,3-9H3/t23?,26-,27+,28+,29?,35?/m1/s1. The molecule has 3 saturated heterocycles. The molecule has 6 atom stereocenters. The predicted molar refractivity (Wildman–Crippen MR) is 178 cm³/mol. The van der Waals surface area contributed by atoms with Gasteiger partial charge in [0, 0.05) is 36.1 Å². The van der Waals surface area contributed by atoms with Gasteiger partial charge in [0.25, 0.3) is 0 Å². The van der Waals surface area contributed by atoms with Crippen molar-refractivity contribution in [3.8, 4) is 5.75 Å². The minimum Gasteiger partial charge on any atom is -0.494 e. The Bertz CT molecular complexity index is 1260. The van der Waals surface area contributed by atoms with Crippen LogP contribution in [0.15, 0.2) is 49.6 Å². The van der Waals surface area contributed by atoms with E-state index in [4.69, 9.17) is 4.74 Å². The normalized spacial score (nSPS) is 27.7. The molecule has 8 nitrogen and oxygen atoms in total. The average molecular weight is 626 g/mol. The lowest BCUT2D eigenvalue weighted by atomic mass is 9.65. The molecule has 3 unspecified atom stereocenters. The summed E-state index contributed by atoms with van der Waals surface area (Å²) in [5.41, 5.74) is 0.154. The molecule has 242 valence electrons. The van der Waals surface area contributed by atoms with E-state index in [9.17, 15) is 19.5 Å². The number of rotatable bonds is 13. The molecule has 9 heteroatoms. The topological polar surface area (TPSA) is 90.4 Å². The maximum Gasteiger partial charge on any atom is 0.247 e. The summed E-state index contributed by atoms with van der Waals surface area (Å²) in [6, 6.07) is 6.61. The van der Waals surface area contributed by atoms with E-state index in [1.165, 1.54) is 0 Å². The Labute approximate surface area is 267 Å². The highest BCUT2D eigenvalue weighted by molar-refractivity contribution is 8.02. The lowest BCUT2D eigenvalue weighted by Gasteiger charge is -2.47. The Morgan fingerprint density at radius 1 is 1.11 bits per heavy atom. The molecule has 4 rings (SSSR count). The van der Waals surface area contributed by atoms with E-state index in [2.05, 4.69) is 54.7 Å². The number of anilines is 1. The lowest BCUT2D eigenvalue weighted by Crippen LogP contribution is -2.61. The molecule has 1 aromatic carbocycles. The summed E-state index contributed by atoms with van der Waals surface area (Å²) in [6.07, 6.45) is 4.92. The van der Waals surface area contributed by atoms with Crippen molar-refractivity contribution >= 4 is 35.2 Å². The molecule has 3 fully saturated rings. The Kier molecular flexibility index (Phi) is 10.0. The summed E-state index contributed by atoms with van der Waals surface area (Å²) in [7, 11) is 0. The first-order valence-electron chi connectivity index (χ1n) is 15.8. The van der Waals surface area contributed by atoms with Crippen LogP contribution in [-0.4, -0.2) is 87.1 Å². The third-order valence-corrected chi connectivity index (χ3v) is 11.5. The molecular formula is C35H51N3O5S. The second-order valence-corrected chi connectivity index (χ2v) is 15.8. The Morgan fingerprint density at radius 3 is 2.30 bits per heavy atom. The van der Waals surface area contributed by atoms with Gasteiger partial charge < -0.3 is 24.5 Å². The van der Waals surface area contributed by atoms with Crippen molar-refractivity contribution in [2.24, 2.45) is 23.2 Å². The van der Waals surface area contributed by atoms with Gasteiger partial charge in [-0.1, -0.05) is 39.8 Å². The maximum atomic E-state index is 14.9. The zero-order valence-electron chi connectivity index (χ0n) is 27.5. The number of amides is 3. The number of nitrogens with zero attached hydrogens (tertiary/aromatic N) is 3. The van der Waals surface area contributed by atoms with Gasteiger partial charge in [0.15, 0.2) is 0 Å². The molecule has 3 aliphatic heterocycles. The molecule has 3 aliphatic rings. The number of benzene rings is 1. The average Bonchev–Trinajstić information content (AvgIpc) is 3.53. The van der Waals surface area contributed by atoms with Gasteiger partial charge in [-0.05, 0) is 69.2 Å². The van der Waals surface area contributed by atoms with Crippen molar-refractivity contribution in [3.05, 3.63) is 49.6 Å². The highest BCUT2D eigenvalue weighted by Gasteiger charge is 2.76. The van der Waals surface area contributed by atoms with Crippen molar-refractivity contribution in [2.75, 3.05) is 37.7 Å². The van der Waals surface area contributed by atoms with Crippen LogP contribution in [0.5, 0.6) is 5.75 Å². The third kappa shape index (κ3) is 5.94. The van der Waals surface area contributed by atoms with E-state index in [0.717, 1.165) is 18.6 Å². The number of fused-ring (bicyclic) bond motifs is 1. The number of β-amino-alcohol motifs (C(OH)–C–C–N with tert-alkyl or cyclic N) is 1. The monoisotopic (exact) mass is 625 g/mol. The van der Waals surface area contributed by atoms with E-state index in [1.54, 1.807) is 33.7 Å². The summed E-state index contributed by atoms with van der Waals surface area (Å²) >= 11 is 1.65. The fourth-order valence-corrected chi connectivity index (χ4v) is 10.7. The van der Waals surface area contributed by atoms with Gasteiger partial charge in [0.1, 0.15) is 11.8 Å². The fraction of sp³-hybridized carbons (Fsp3) is 0.629. The molecule has 0 aromatic heterocycles. The molecule has 3 heterocycles. The smallest absolute Gasteiger partial charge is 0.247 e. The summed E-state index contributed by atoms with van der Waals surface area (Å²) in [4.78, 5) is 49.0. The first-order valence-corrected chi connectivity index (χ1v) is 16.7. The van der Waals surface area contributed by atoms with Gasteiger partial charge in [-0.25, -0.2) is 0 Å². The van der Waals surface area contributed by atoms with E-state index in [-0.39, 0.29) is 47.5 Å². The number of carbonyl (C=O) groups excluding carboxylic acids is 3. The second-order valence-electron chi connectivity index (χ2n) is 14.3. The summed E-state index contributed by atoms with van der Waals surface area (Å²) < 4.78 is 4.83. The highest BCUT2D eigenvalue weighted by Crippen LogP contribution is 2.69. The summed E-state index contributed by atoms with van der Waals surface area (Å²) in [5.74, 6) is -0.989. The van der Waals surface area contributed by atoms with Crippen LogP contribution in [0.2, 0.25) is 0 Å². The zero-order chi connectivity index (χ0) is 32.6. The van der Waals surface area contributed by atoms with Crippen LogP contribution in [0.3, 0.4) is 0 Å². The Morgan fingerprint density at radius 2 is 1.75 bits per heavy atom. The molecular weight excluding hydrogens is 574 g/mol. The van der Waals surface area contributed by atoms with E-state index >= 15 is 0 Å². The van der Waals surface area contributed by atoms with Crippen LogP contribution in [0, 0.1) is 23.2 Å². The second kappa shape index (κ2) is 12.9.